The highest BCUT2D eigenvalue weighted by Gasteiger charge is 2.10. The Morgan fingerprint density at radius 1 is 1.11 bits per heavy atom. The number of nitrogens with zero attached hydrogens (tertiary/aromatic N) is 1. The molecule has 0 spiro atoms. The van der Waals surface area contributed by atoms with Crippen molar-refractivity contribution in [2.24, 2.45) is 0 Å². The third-order valence-corrected chi connectivity index (χ3v) is 3.23. The molecule has 3 heteroatoms. The average Bonchev–Trinajstić information content (AvgIpc) is 2.83. The molecule has 0 radical (unpaired) electrons. The fraction of sp³-hybridized carbons (Fsp3) is 0.188. The van der Waals surface area contributed by atoms with E-state index in [0.717, 1.165) is 11.9 Å². The van der Waals surface area contributed by atoms with Gasteiger partial charge in [0.25, 0.3) is 0 Å². The molecule has 0 saturated heterocycles. The lowest BCUT2D eigenvalue weighted by Gasteiger charge is -1.98. The Kier molecular flexibility index (Phi) is 2.95. The highest BCUT2D eigenvalue weighted by Crippen LogP contribution is 2.25. The quantitative estimate of drug-likeness (QED) is 0.725. The summed E-state index contributed by atoms with van der Waals surface area (Å²) in [5.41, 5.74) is 10.6. The van der Waals surface area contributed by atoms with E-state index in [-0.39, 0.29) is 0 Å². The van der Waals surface area contributed by atoms with E-state index < -0.39 is 0 Å². The van der Waals surface area contributed by atoms with Crippen molar-refractivity contribution in [3.63, 3.8) is 0 Å². The molecule has 96 valence electrons. The summed E-state index contributed by atoms with van der Waals surface area (Å²) < 4.78 is 5.77. The number of aromatic nitrogens is 1. The Hall–Kier alpha value is -2.29. The van der Waals surface area contributed by atoms with Gasteiger partial charge in [-0.15, -0.1) is 0 Å². The maximum Gasteiger partial charge on any atom is 0.200 e. The first-order valence-corrected chi connectivity index (χ1v) is 6.48. The maximum absolute atomic E-state index is 6.01. The van der Waals surface area contributed by atoms with Crippen molar-refractivity contribution in [1.82, 2.24) is 4.98 Å². The van der Waals surface area contributed by atoms with Gasteiger partial charge in [-0.2, -0.15) is 0 Å². The van der Waals surface area contributed by atoms with Crippen LogP contribution in [-0.2, 0) is 12.8 Å². The topological polar surface area (TPSA) is 52.0 Å². The number of anilines is 1. The van der Waals surface area contributed by atoms with E-state index in [4.69, 9.17) is 10.2 Å². The lowest BCUT2D eigenvalue weighted by Crippen LogP contribution is -1.88. The van der Waals surface area contributed by atoms with Crippen LogP contribution in [0.15, 0.2) is 46.9 Å². The predicted molar refractivity (Wildman–Crippen MR) is 77.0 cm³/mol. The molecule has 2 N–H and O–H groups in total. The number of rotatable bonds is 3. The summed E-state index contributed by atoms with van der Waals surface area (Å²) >= 11 is 0. The van der Waals surface area contributed by atoms with Crippen LogP contribution in [0.1, 0.15) is 23.9 Å². The Bertz CT molecular complexity index is 701. The Morgan fingerprint density at radius 2 is 1.89 bits per heavy atom. The SMILES string of the molecule is CCc1cc(N)c2oc(Cc3ccccc3)nc2c1. The minimum Gasteiger partial charge on any atom is -0.438 e. The largest absolute Gasteiger partial charge is 0.438 e. The molecule has 3 aromatic rings. The van der Waals surface area contributed by atoms with Crippen LogP contribution in [0.5, 0.6) is 0 Å². The molecule has 3 rings (SSSR count). The lowest BCUT2D eigenvalue weighted by molar-refractivity contribution is 0.545. The summed E-state index contributed by atoms with van der Waals surface area (Å²) in [6.45, 7) is 2.10. The number of fused-ring (bicyclic) bond motifs is 1. The van der Waals surface area contributed by atoms with Crippen LogP contribution in [0, 0.1) is 0 Å². The monoisotopic (exact) mass is 252 g/mol. The zero-order valence-electron chi connectivity index (χ0n) is 10.9. The van der Waals surface area contributed by atoms with E-state index in [1.807, 2.05) is 30.3 Å². The van der Waals surface area contributed by atoms with Gasteiger partial charge in [0.1, 0.15) is 5.52 Å². The zero-order chi connectivity index (χ0) is 13.2. The summed E-state index contributed by atoms with van der Waals surface area (Å²) in [5, 5.41) is 0. The maximum atomic E-state index is 6.01. The van der Waals surface area contributed by atoms with Gasteiger partial charge in [-0.1, -0.05) is 37.3 Å². The summed E-state index contributed by atoms with van der Waals surface area (Å²) in [4.78, 5) is 4.53. The minimum atomic E-state index is 0.668. The Labute approximate surface area is 112 Å². The second kappa shape index (κ2) is 4.76. The first kappa shape index (κ1) is 11.8. The van der Waals surface area contributed by atoms with E-state index in [1.54, 1.807) is 0 Å². The van der Waals surface area contributed by atoms with Crippen LogP contribution in [0.4, 0.5) is 5.69 Å². The van der Waals surface area contributed by atoms with Crippen molar-refractivity contribution in [1.29, 1.82) is 0 Å². The first-order chi connectivity index (χ1) is 9.26. The molecule has 0 aliphatic heterocycles. The van der Waals surface area contributed by atoms with Crippen molar-refractivity contribution in [2.45, 2.75) is 19.8 Å². The van der Waals surface area contributed by atoms with Crippen LogP contribution in [0.3, 0.4) is 0 Å². The smallest absolute Gasteiger partial charge is 0.200 e. The molecule has 1 aromatic heterocycles. The van der Waals surface area contributed by atoms with Crippen molar-refractivity contribution in [3.05, 3.63) is 59.5 Å². The number of nitrogen functional groups attached to an aromatic ring is 1. The molecular weight excluding hydrogens is 236 g/mol. The van der Waals surface area contributed by atoms with Gasteiger partial charge in [0, 0.05) is 6.42 Å². The van der Waals surface area contributed by atoms with E-state index in [0.29, 0.717) is 23.6 Å². The lowest BCUT2D eigenvalue weighted by atomic mass is 10.1. The van der Waals surface area contributed by atoms with Crippen LogP contribution in [0.25, 0.3) is 11.1 Å². The predicted octanol–water partition coefficient (Wildman–Crippen LogP) is 3.56. The van der Waals surface area contributed by atoms with Crippen LogP contribution < -0.4 is 5.73 Å². The highest BCUT2D eigenvalue weighted by molar-refractivity contribution is 5.85. The van der Waals surface area contributed by atoms with Crippen molar-refractivity contribution >= 4 is 16.8 Å². The molecule has 0 atom stereocenters. The van der Waals surface area contributed by atoms with Gasteiger partial charge in [-0.25, -0.2) is 4.98 Å². The van der Waals surface area contributed by atoms with Gasteiger partial charge >= 0.3 is 0 Å². The van der Waals surface area contributed by atoms with Gasteiger partial charge in [-0.05, 0) is 29.7 Å². The molecule has 0 bridgehead atoms. The number of hydrogen-bond acceptors (Lipinski definition) is 3. The van der Waals surface area contributed by atoms with Crippen molar-refractivity contribution < 1.29 is 4.42 Å². The van der Waals surface area contributed by atoms with Crippen LogP contribution in [0.2, 0.25) is 0 Å². The standard InChI is InChI=1S/C16H16N2O/c1-2-11-8-13(17)16-14(9-11)18-15(19-16)10-12-6-4-3-5-7-12/h3-9H,2,10,17H2,1H3. The molecule has 2 aromatic carbocycles. The molecule has 19 heavy (non-hydrogen) atoms. The summed E-state index contributed by atoms with van der Waals surface area (Å²) in [6.07, 6.45) is 1.64. The molecule has 1 heterocycles. The second-order valence-corrected chi connectivity index (χ2v) is 4.66. The molecule has 0 unspecified atom stereocenters. The number of benzene rings is 2. The van der Waals surface area contributed by atoms with E-state index in [2.05, 4.69) is 24.0 Å². The normalized spacial score (nSPS) is 11.0. The highest BCUT2D eigenvalue weighted by atomic mass is 16.3. The number of nitrogens with two attached hydrogens (primary N) is 1. The number of oxazole rings is 1. The minimum absolute atomic E-state index is 0.668. The van der Waals surface area contributed by atoms with E-state index >= 15 is 0 Å². The summed E-state index contributed by atoms with van der Waals surface area (Å²) in [5.74, 6) is 0.709. The second-order valence-electron chi connectivity index (χ2n) is 4.66. The third-order valence-electron chi connectivity index (χ3n) is 3.23. The zero-order valence-corrected chi connectivity index (χ0v) is 10.9. The number of hydrogen-bond donors (Lipinski definition) is 1. The average molecular weight is 252 g/mol. The molecule has 0 fully saturated rings. The summed E-state index contributed by atoms with van der Waals surface area (Å²) in [7, 11) is 0. The Morgan fingerprint density at radius 3 is 2.63 bits per heavy atom. The molecule has 0 amide bonds. The van der Waals surface area contributed by atoms with Crippen molar-refractivity contribution in [3.8, 4) is 0 Å². The molecule has 0 aliphatic rings. The van der Waals surface area contributed by atoms with Gasteiger partial charge in [0.2, 0.25) is 0 Å². The van der Waals surface area contributed by atoms with Crippen molar-refractivity contribution in [2.75, 3.05) is 5.73 Å². The summed E-state index contributed by atoms with van der Waals surface area (Å²) in [6, 6.07) is 14.2. The first-order valence-electron chi connectivity index (χ1n) is 6.48. The molecular formula is C16H16N2O. The van der Waals surface area contributed by atoms with Gasteiger partial charge in [-0.3, -0.25) is 0 Å². The van der Waals surface area contributed by atoms with Crippen LogP contribution in [-0.4, -0.2) is 4.98 Å². The van der Waals surface area contributed by atoms with E-state index in [1.165, 1.54) is 11.1 Å². The van der Waals surface area contributed by atoms with E-state index in [9.17, 15) is 0 Å². The fourth-order valence-corrected chi connectivity index (χ4v) is 2.22. The van der Waals surface area contributed by atoms with Gasteiger partial charge in [0.05, 0.1) is 5.69 Å². The van der Waals surface area contributed by atoms with Gasteiger partial charge in [0.15, 0.2) is 11.5 Å². The van der Waals surface area contributed by atoms with Gasteiger partial charge < -0.3 is 10.2 Å². The molecule has 0 aliphatic carbocycles. The third kappa shape index (κ3) is 2.32. The fourth-order valence-electron chi connectivity index (χ4n) is 2.22. The Balaban J connectivity index is 2.00. The number of aryl methyl sites for hydroxylation is 1. The molecule has 0 saturated carbocycles. The molecule has 3 nitrogen and oxygen atoms in total. The van der Waals surface area contributed by atoms with Crippen LogP contribution >= 0.6 is 0 Å².